The van der Waals surface area contributed by atoms with Crippen LogP contribution >= 0.6 is 0 Å². The SMILES string of the molecule is Cc1cc(C)n(-c2ccc(NC(=O)c3ccc(Cn4nnc5ccccc54)cc3)cn2)n1. The molecule has 0 unspecified atom stereocenters. The summed E-state index contributed by atoms with van der Waals surface area (Å²) in [4.78, 5) is 17.1. The Morgan fingerprint density at radius 1 is 1.00 bits per heavy atom. The number of aromatic nitrogens is 6. The van der Waals surface area contributed by atoms with Crippen LogP contribution in [-0.4, -0.2) is 35.7 Å². The van der Waals surface area contributed by atoms with Crippen molar-refractivity contribution in [3.63, 3.8) is 0 Å². The van der Waals surface area contributed by atoms with E-state index in [4.69, 9.17) is 0 Å². The fourth-order valence-electron chi connectivity index (χ4n) is 3.62. The van der Waals surface area contributed by atoms with Gasteiger partial charge in [-0.15, -0.1) is 5.10 Å². The third-order valence-electron chi connectivity index (χ3n) is 5.20. The Labute approximate surface area is 184 Å². The minimum absolute atomic E-state index is 0.191. The second kappa shape index (κ2) is 8.07. The van der Waals surface area contributed by atoms with Gasteiger partial charge in [-0.3, -0.25) is 4.79 Å². The zero-order valence-corrected chi connectivity index (χ0v) is 17.7. The summed E-state index contributed by atoms with van der Waals surface area (Å²) in [5.74, 6) is 0.516. The number of nitrogens with zero attached hydrogens (tertiary/aromatic N) is 6. The average molecular weight is 423 g/mol. The molecule has 3 aromatic heterocycles. The molecular weight excluding hydrogens is 402 g/mol. The highest BCUT2D eigenvalue weighted by atomic mass is 16.1. The number of para-hydroxylation sites is 1. The van der Waals surface area contributed by atoms with Crippen molar-refractivity contribution in [3.05, 3.63) is 95.4 Å². The molecule has 0 spiro atoms. The number of fused-ring (bicyclic) bond motifs is 1. The van der Waals surface area contributed by atoms with Crippen molar-refractivity contribution in [2.24, 2.45) is 0 Å². The summed E-state index contributed by atoms with van der Waals surface area (Å²) in [6, 6.07) is 20.9. The fraction of sp³-hybridized carbons (Fsp3) is 0.125. The highest BCUT2D eigenvalue weighted by molar-refractivity contribution is 6.04. The predicted octanol–water partition coefficient (Wildman–Crippen LogP) is 3.93. The smallest absolute Gasteiger partial charge is 0.255 e. The lowest BCUT2D eigenvalue weighted by Crippen LogP contribution is -2.12. The van der Waals surface area contributed by atoms with Crippen LogP contribution in [0.4, 0.5) is 5.69 Å². The summed E-state index contributed by atoms with van der Waals surface area (Å²) in [5, 5.41) is 15.7. The van der Waals surface area contributed by atoms with Crippen molar-refractivity contribution in [2.45, 2.75) is 20.4 Å². The molecule has 0 radical (unpaired) electrons. The van der Waals surface area contributed by atoms with E-state index in [0.29, 0.717) is 23.6 Å². The Hall–Kier alpha value is -4.33. The van der Waals surface area contributed by atoms with Gasteiger partial charge < -0.3 is 5.32 Å². The maximum atomic E-state index is 12.6. The minimum Gasteiger partial charge on any atom is -0.321 e. The van der Waals surface area contributed by atoms with Gasteiger partial charge in [0, 0.05) is 11.3 Å². The number of anilines is 1. The average Bonchev–Trinajstić information content (AvgIpc) is 3.37. The van der Waals surface area contributed by atoms with Crippen LogP contribution in [0.3, 0.4) is 0 Å². The molecule has 0 aliphatic carbocycles. The van der Waals surface area contributed by atoms with Gasteiger partial charge in [0.25, 0.3) is 5.91 Å². The number of hydrogen-bond acceptors (Lipinski definition) is 5. The topological polar surface area (TPSA) is 90.5 Å². The lowest BCUT2D eigenvalue weighted by atomic mass is 10.1. The summed E-state index contributed by atoms with van der Waals surface area (Å²) in [6.45, 7) is 4.50. The van der Waals surface area contributed by atoms with E-state index in [1.54, 1.807) is 10.9 Å². The van der Waals surface area contributed by atoms with Crippen LogP contribution in [-0.2, 0) is 6.54 Å². The van der Waals surface area contributed by atoms with E-state index >= 15 is 0 Å². The molecule has 2 aromatic carbocycles. The number of benzene rings is 2. The highest BCUT2D eigenvalue weighted by Crippen LogP contribution is 2.15. The van der Waals surface area contributed by atoms with Crippen molar-refractivity contribution >= 4 is 22.6 Å². The molecule has 5 aromatic rings. The summed E-state index contributed by atoms with van der Waals surface area (Å²) in [7, 11) is 0. The first kappa shape index (κ1) is 19.6. The van der Waals surface area contributed by atoms with E-state index in [-0.39, 0.29) is 5.91 Å². The van der Waals surface area contributed by atoms with Crippen molar-refractivity contribution in [3.8, 4) is 5.82 Å². The van der Waals surface area contributed by atoms with Gasteiger partial charge in [-0.05, 0) is 61.9 Å². The molecule has 1 N–H and O–H groups in total. The summed E-state index contributed by atoms with van der Waals surface area (Å²) < 4.78 is 3.62. The third kappa shape index (κ3) is 3.85. The van der Waals surface area contributed by atoms with Gasteiger partial charge in [-0.1, -0.05) is 29.5 Å². The molecule has 0 aliphatic heterocycles. The lowest BCUT2D eigenvalue weighted by Gasteiger charge is -2.08. The molecule has 32 heavy (non-hydrogen) atoms. The highest BCUT2D eigenvalue weighted by Gasteiger charge is 2.10. The van der Waals surface area contributed by atoms with Gasteiger partial charge in [-0.25, -0.2) is 14.3 Å². The molecule has 0 saturated heterocycles. The molecule has 0 bridgehead atoms. The van der Waals surface area contributed by atoms with E-state index in [1.807, 2.05) is 85.3 Å². The third-order valence-corrected chi connectivity index (χ3v) is 5.20. The van der Waals surface area contributed by atoms with Gasteiger partial charge >= 0.3 is 0 Å². The largest absolute Gasteiger partial charge is 0.321 e. The molecular formula is C24H21N7O. The zero-order chi connectivity index (χ0) is 22.1. The molecule has 158 valence electrons. The van der Waals surface area contributed by atoms with Crippen LogP contribution in [0.2, 0.25) is 0 Å². The first-order valence-electron chi connectivity index (χ1n) is 10.2. The number of pyridine rings is 1. The molecule has 8 nitrogen and oxygen atoms in total. The van der Waals surface area contributed by atoms with Crippen LogP contribution in [0, 0.1) is 13.8 Å². The van der Waals surface area contributed by atoms with Crippen molar-refractivity contribution < 1.29 is 4.79 Å². The van der Waals surface area contributed by atoms with E-state index in [9.17, 15) is 4.79 Å². The molecule has 3 heterocycles. The lowest BCUT2D eigenvalue weighted by molar-refractivity contribution is 0.102. The van der Waals surface area contributed by atoms with Gasteiger partial charge in [0.2, 0.25) is 0 Å². The Bertz CT molecular complexity index is 1400. The molecule has 0 fully saturated rings. The summed E-state index contributed by atoms with van der Waals surface area (Å²) in [5.41, 5.74) is 6.01. The van der Waals surface area contributed by atoms with Gasteiger partial charge in [-0.2, -0.15) is 5.10 Å². The van der Waals surface area contributed by atoms with Crippen LogP contribution in [0.1, 0.15) is 27.3 Å². The fourth-order valence-corrected chi connectivity index (χ4v) is 3.62. The van der Waals surface area contributed by atoms with Gasteiger partial charge in [0.15, 0.2) is 5.82 Å². The van der Waals surface area contributed by atoms with Crippen LogP contribution in [0.25, 0.3) is 16.9 Å². The molecule has 8 heteroatoms. The molecule has 1 amide bonds. The Kier molecular flexibility index (Phi) is 4.95. The molecule has 0 atom stereocenters. The number of carbonyl (C=O) groups is 1. The number of hydrogen-bond donors (Lipinski definition) is 1. The van der Waals surface area contributed by atoms with Crippen molar-refractivity contribution in [2.75, 3.05) is 5.32 Å². The summed E-state index contributed by atoms with van der Waals surface area (Å²) in [6.07, 6.45) is 1.63. The van der Waals surface area contributed by atoms with Crippen molar-refractivity contribution in [1.29, 1.82) is 0 Å². The van der Waals surface area contributed by atoms with E-state index in [2.05, 4.69) is 25.7 Å². The van der Waals surface area contributed by atoms with Gasteiger partial charge in [0.1, 0.15) is 5.52 Å². The molecule has 0 aliphatic rings. The number of amides is 1. The Morgan fingerprint density at radius 3 is 2.53 bits per heavy atom. The normalized spacial score (nSPS) is 11.1. The van der Waals surface area contributed by atoms with Crippen LogP contribution in [0.15, 0.2) is 72.9 Å². The summed E-state index contributed by atoms with van der Waals surface area (Å²) >= 11 is 0. The first-order valence-corrected chi connectivity index (χ1v) is 10.2. The predicted molar refractivity (Wildman–Crippen MR) is 122 cm³/mol. The number of rotatable bonds is 5. The number of aryl methyl sites for hydroxylation is 2. The quantitative estimate of drug-likeness (QED) is 0.463. The second-order valence-electron chi connectivity index (χ2n) is 7.63. The maximum absolute atomic E-state index is 12.6. The zero-order valence-electron chi connectivity index (χ0n) is 17.7. The van der Waals surface area contributed by atoms with Crippen LogP contribution in [0.5, 0.6) is 0 Å². The Balaban J connectivity index is 1.26. The molecule has 5 rings (SSSR count). The standard InChI is InChI=1S/C24H21N7O/c1-16-13-17(2)31(28-16)23-12-11-20(14-25-23)26-24(32)19-9-7-18(8-10-19)15-30-22-6-4-3-5-21(22)27-29-30/h3-14H,15H2,1-2H3,(H,26,32). The Morgan fingerprint density at radius 2 is 1.81 bits per heavy atom. The second-order valence-corrected chi connectivity index (χ2v) is 7.63. The van der Waals surface area contributed by atoms with Crippen LogP contribution < -0.4 is 5.32 Å². The number of carbonyl (C=O) groups excluding carboxylic acids is 1. The van der Waals surface area contributed by atoms with E-state index in [0.717, 1.165) is 28.0 Å². The number of nitrogens with one attached hydrogen (secondary N) is 1. The van der Waals surface area contributed by atoms with Gasteiger partial charge in [0.05, 0.1) is 29.6 Å². The monoisotopic (exact) mass is 423 g/mol. The molecule has 0 saturated carbocycles. The minimum atomic E-state index is -0.191. The maximum Gasteiger partial charge on any atom is 0.255 e. The van der Waals surface area contributed by atoms with E-state index in [1.165, 1.54) is 0 Å². The van der Waals surface area contributed by atoms with E-state index < -0.39 is 0 Å². The van der Waals surface area contributed by atoms with Crippen molar-refractivity contribution in [1.82, 2.24) is 29.8 Å². The first-order chi connectivity index (χ1) is 15.6.